The fourth-order valence-corrected chi connectivity index (χ4v) is 3.57. The summed E-state index contributed by atoms with van der Waals surface area (Å²) in [6.07, 6.45) is 7.24. The molecule has 0 nitrogen and oxygen atoms in total. The van der Waals surface area contributed by atoms with Gasteiger partial charge in [-0.2, -0.15) is 0 Å². The van der Waals surface area contributed by atoms with Crippen molar-refractivity contribution in [3.63, 3.8) is 0 Å². The molecular formula is C17H30Si. The Morgan fingerprint density at radius 1 is 1.17 bits per heavy atom. The maximum absolute atomic E-state index is 5.39. The van der Waals surface area contributed by atoms with E-state index in [4.69, 9.17) is 6.42 Å². The Hall–Kier alpha value is -0.743. The fraction of sp³-hybridized carbons (Fsp3) is 0.647. The van der Waals surface area contributed by atoms with Crippen LogP contribution < -0.4 is 0 Å². The summed E-state index contributed by atoms with van der Waals surface area (Å²) in [5.41, 5.74) is 6.85. The maximum Gasteiger partial charge on any atom is 0.0773 e. The minimum atomic E-state index is -1.36. The Balaban J connectivity index is 5.31. The normalized spacial score (nSPS) is 13.2. The van der Waals surface area contributed by atoms with Crippen LogP contribution in [0.25, 0.3) is 0 Å². The first-order chi connectivity index (χ1) is 8.03. The topological polar surface area (TPSA) is 0 Å². The van der Waals surface area contributed by atoms with Crippen LogP contribution in [0.3, 0.4) is 0 Å². The third-order valence-corrected chi connectivity index (χ3v) is 9.13. The van der Waals surface area contributed by atoms with Gasteiger partial charge in [0, 0.05) is 6.42 Å². The lowest BCUT2D eigenvalue weighted by Crippen LogP contribution is -2.35. The van der Waals surface area contributed by atoms with Crippen LogP contribution in [-0.2, 0) is 0 Å². The zero-order valence-electron chi connectivity index (χ0n) is 13.6. The third kappa shape index (κ3) is 4.86. The predicted molar refractivity (Wildman–Crippen MR) is 87.4 cm³/mol. The predicted octanol–water partition coefficient (Wildman–Crippen LogP) is 5.73. The molecule has 0 N–H and O–H groups in total. The average molecular weight is 263 g/mol. The van der Waals surface area contributed by atoms with Crippen molar-refractivity contribution in [1.82, 2.24) is 0 Å². The standard InChI is InChI=1S/C17H30Si/c1-10-11-12-16(14(2)3)15(4)13-18(8,9)17(5,6)7/h1,13H,11-12H2,2-9H3/b15-13+. The van der Waals surface area contributed by atoms with Crippen molar-refractivity contribution in [1.29, 1.82) is 0 Å². The molecule has 0 rings (SSSR count). The minimum Gasteiger partial charge on any atom is -0.120 e. The second-order valence-electron chi connectivity index (χ2n) is 6.98. The van der Waals surface area contributed by atoms with E-state index < -0.39 is 8.07 Å². The molecular weight excluding hydrogens is 232 g/mol. The summed E-state index contributed by atoms with van der Waals surface area (Å²) in [6.45, 7) is 18.6. The lowest BCUT2D eigenvalue weighted by Gasteiger charge is -2.35. The van der Waals surface area contributed by atoms with Gasteiger partial charge < -0.3 is 0 Å². The monoisotopic (exact) mass is 262 g/mol. The van der Waals surface area contributed by atoms with E-state index in [2.05, 4.69) is 66.3 Å². The highest BCUT2D eigenvalue weighted by Crippen LogP contribution is 2.38. The van der Waals surface area contributed by atoms with Gasteiger partial charge in [0.15, 0.2) is 0 Å². The van der Waals surface area contributed by atoms with E-state index in [0.717, 1.165) is 12.8 Å². The van der Waals surface area contributed by atoms with Crippen LogP contribution in [-0.4, -0.2) is 8.07 Å². The van der Waals surface area contributed by atoms with E-state index in [0.29, 0.717) is 5.04 Å². The molecule has 0 aliphatic heterocycles. The molecule has 102 valence electrons. The number of hydrogen-bond acceptors (Lipinski definition) is 0. The van der Waals surface area contributed by atoms with E-state index in [1.165, 1.54) is 16.7 Å². The van der Waals surface area contributed by atoms with Crippen LogP contribution in [0, 0.1) is 12.3 Å². The van der Waals surface area contributed by atoms with Gasteiger partial charge >= 0.3 is 0 Å². The molecule has 0 saturated carbocycles. The van der Waals surface area contributed by atoms with Crippen molar-refractivity contribution in [3.8, 4) is 12.3 Å². The van der Waals surface area contributed by atoms with Gasteiger partial charge in [0.2, 0.25) is 0 Å². The molecule has 0 aromatic carbocycles. The Morgan fingerprint density at radius 2 is 1.67 bits per heavy atom. The molecule has 0 atom stereocenters. The van der Waals surface area contributed by atoms with Gasteiger partial charge in [-0.25, -0.2) is 0 Å². The minimum absolute atomic E-state index is 0.396. The number of hydrogen-bond donors (Lipinski definition) is 0. The highest BCUT2D eigenvalue weighted by Gasteiger charge is 2.33. The average Bonchev–Trinajstić information content (AvgIpc) is 2.14. The van der Waals surface area contributed by atoms with E-state index in [1.807, 2.05) is 0 Å². The van der Waals surface area contributed by atoms with Gasteiger partial charge in [-0.1, -0.05) is 50.7 Å². The molecule has 1 heteroatoms. The number of allylic oxidation sites excluding steroid dienone is 3. The zero-order valence-corrected chi connectivity index (χ0v) is 14.6. The third-order valence-electron chi connectivity index (χ3n) is 4.11. The van der Waals surface area contributed by atoms with Gasteiger partial charge in [-0.05, 0) is 37.8 Å². The summed E-state index contributed by atoms with van der Waals surface area (Å²) in [6, 6.07) is 0. The van der Waals surface area contributed by atoms with Crippen LogP contribution in [0.4, 0.5) is 0 Å². The molecule has 0 saturated heterocycles. The van der Waals surface area contributed by atoms with Crippen LogP contribution in [0.2, 0.25) is 18.1 Å². The van der Waals surface area contributed by atoms with Crippen molar-refractivity contribution < 1.29 is 0 Å². The Bertz CT molecular complexity index is 377. The van der Waals surface area contributed by atoms with Crippen molar-refractivity contribution >= 4 is 8.07 Å². The molecule has 0 bridgehead atoms. The fourth-order valence-electron chi connectivity index (χ4n) is 1.88. The van der Waals surface area contributed by atoms with Crippen molar-refractivity contribution in [2.75, 3.05) is 0 Å². The maximum atomic E-state index is 5.39. The highest BCUT2D eigenvalue weighted by atomic mass is 28.3. The second kappa shape index (κ2) is 6.43. The van der Waals surface area contributed by atoms with Crippen LogP contribution in [0.1, 0.15) is 54.4 Å². The largest absolute Gasteiger partial charge is 0.120 e. The summed E-state index contributed by atoms with van der Waals surface area (Å²) in [7, 11) is -1.36. The highest BCUT2D eigenvalue weighted by molar-refractivity contribution is 6.84. The van der Waals surface area contributed by atoms with E-state index in [9.17, 15) is 0 Å². The van der Waals surface area contributed by atoms with Gasteiger partial charge in [0.1, 0.15) is 0 Å². The van der Waals surface area contributed by atoms with Crippen LogP contribution in [0.5, 0.6) is 0 Å². The summed E-state index contributed by atoms with van der Waals surface area (Å²) in [5.74, 6) is 2.75. The second-order valence-corrected chi connectivity index (χ2v) is 12.2. The Morgan fingerprint density at radius 3 is 2.00 bits per heavy atom. The van der Waals surface area contributed by atoms with Gasteiger partial charge in [-0.3, -0.25) is 0 Å². The van der Waals surface area contributed by atoms with Crippen molar-refractivity contribution in [3.05, 3.63) is 22.4 Å². The first kappa shape index (κ1) is 17.3. The molecule has 0 aromatic rings. The van der Waals surface area contributed by atoms with E-state index in [1.54, 1.807) is 0 Å². The molecule has 0 radical (unpaired) electrons. The molecule has 0 aliphatic rings. The summed E-state index contributed by atoms with van der Waals surface area (Å²) in [5, 5.41) is 0.396. The lowest BCUT2D eigenvalue weighted by atomic mass is 9.99. The van der Waals surface area contributed by atoms with Gasteiger partial charge in [-0.15, -0.1) is 12.3 Å². The Labute approximate surface area is 116 Å². The summed E-state index contributed by atoms with van der Waals surface area (Å²) >= 11 is 0. The zero-order chi connectivity index (χ0) is 14.6. The molecule has 0 aliphatic carbocycles. The molecule has 18 heavy (non-hydrogen) atoms. The first-order valence-electron chi connectivity index (χ1n) is 6.82. The first-order valence-corrected chi connectivity index (χ1v) is 9.90. The molecule has 0 amide bonds. The van der Waals surface area contributed by atoms with Crippen LogP contribution in [0.15, 0.2) is 22.4 Å². The van der Waals surface area contributed by atoms with Crippen molar-refractivity contribution in [2.24, 2.45) is 0 Å². The molecule has 0 unspecified atom stereocenters. The SMILES string of the molecule is C#CCCC(=C(C)C)/C(C)=C/[Si](C)(C)C(C)(C)C. The molecule has 0 fully saturated rings. The van der Waals surface area contributed by atoms with E-state index in [-0.39, 0.29) is 0 Å². The van der Waals surface area contributed by atoms with Gasteiger partial charge in [0.25, 0.3) is 0 Å². The summed E-state index contributed by atoms with van der Waals surface area (Å²) in [4.78, 5) is 0. The molecule has 0 heterocycles. The smallest absolute Gasteiger partial charge is 0.0773 e. The lowest BCUT2D eigenvalue weighted by molar-refractivity contribution is 0.728. The van der Waals surface area contributed by atoms with Crippen LogP contribution >= 0.6 is 0 Å². The quantitative estimate of drug-likeness (QED) is 0.345. The number of terminal acetylenes is 1. The van der Waals surface area contributed by atoms with Gasteiger partial charge in [0.05, 0.1) is 8.07 Å². The molecule has 0 spiro atoms. The molecule has 0 aromatic heterocycles. The van der Waals surface area contributed by atoms with Crippen molar-refractivity contribution in [2.45, 2.75) is 72.5 Å². The summed E-state index contributed by atoms with van der Waals surface area (Å²) < 4.78 is 0. The Kier molecular flexibility index (Phi) is 6.17. The van der Waals surface area contributed by atoms with E-state index >= 15 is 0 Å². The number of rotatable bonds is 4.